The van der Waals surface area contributed by atoms with Gasteiger partial charge in [-0.25, -0.2) is 5.43 Å². The molecule has 0 bridgehead atoms. The maximum absolute atomic E-state index is 12.3. The second kappa shape index (κ2) is 6.74. The summed E-state index contributed by atoms with van der Waals surface area (Å²) in [5, 5.41) is 5.33. The van der Waals surface area contributed by atoms with Gasteiger partial charge in [0.15, 0.2) is 11.5 Å². The molecule has 0 unspecified atom stereocenters. The number of hydrogen-bond acceptors (Lipinski definition) is 5. The van der Waals surface area contributed by atoms with E-state index < -0.39 is 0 Å². The number of thiophene rings is 1. The standard InChI is InChI=1S/C18H13ClN2O3S/c19-16-12-3-1-2-4-15(12)25-17(16)18(22)21-20-10-11-5-6-13-14(9-11)24-8-7-23-13/h1-6,9-10H,7-8H2,(H,21,22)/b20-10-. The van der Waals surface area contributed by atoms with Crippen molar-refractivity contribution in [2.45, 2.75) is 0 Å². The van der Waals surface area contributed by atoms with Crippen LogP contribution in [0.3, 0.4) is 0 Å². The van der Waals surface area contributed by atoms with Crippen molar-refractivity contribution < 1.29 is 14.3 Å². The van der Waals surface area contributed by atoms with Gasteiger partial charge < -0.3 is 9.47 Å². The van der Waals surface area contributed by atoms with E-state index in [-0.39, 0.29) is 5.91 Å². The Morgan fingerprint density at radius 1 is 1.16 bits per heavy atom. The molecule has 25 heavy (non-hydrogen) atoms. The maximum Gasteiger partial charge on any atom is 0.283 e. The first kappa shape index (κ1) is 15.9. The third-order valence-corrected chi connectivity index (χ3v) is 5.36. The molecule has 4 rings (SSSR count). The zero-order chi connectivity index (χ0) is 17.2. The number of rotatable bonds is 3. The molecule has 2 heterocycles. The molecule has 1 aliphatic heterocycles. The molecule has 0 radical (unpaired) electrons. The van der Waals surface area contributed by atoms with Crippen LogP contribution in [0.5, 0.6) is 11.5 Å². The molecular formula is C18H13ClN2O3S. The molecule has 1 aliphatic rings. The smallest absolute Gasteiger partial charge is 0.283 e. The van der Waals surface area contributed by atoms with Crippen molar-refractivity contribution >= 4 is 45.1 Å². The highest BCUT2D eigenvalue weighted by Crippen LogP contribution is 2.35. The molecule has 0 saturated heterocycles. The highest BCUT2D eigenvalue weighted by atomic mass is 35.5. The average molecular weight is 373 g/mol. The largest absolute Gasteiger partial charge is 0.486 e. The van der Waals surface area contributed by atoms with Gasteiger partial charge in [-0.2, -0.15) is 5.10 Å². The topological polar surface area (TPSA) is 59.9 Å². The third-order valence-electron chi connectivity index (χ3n) is 3.69. The lowest BCUT2D eigenvalue weighted by atomic mass is 10.2. The Morgan fingerprint density at radius 2 is 1.96 bits per heavy atom. The number of carbonyl (C=O) groups is 1. The van der Waals surface area contributed by atoms with Crippen molar-refractivity contribution in [1.29, 1.82) is 0 Å². The minimum atomic E-state index is -0.333. The maximum atomic E-state index is 12.3. The second-order valence-electron chi connectivity index (χ2n) is 5.34. The lowest BCUT2D eigenvalue weighted by molar-refractivity contribution is 0.0959. The summed E-state index contributed by atoms with van der Waals surface area (Å²) in [5.41, 5.74) is 3.31. The van der Waals surface area contributed by atoms with Crippen LogP contribution in [0.1, 0.15) is 15.2 Å². The lowest BCUT2D eigenvalue weighted by Gasteiger charge is -2.18. The van der Waals surface area contributed by atoms with Gasteiger partial charge in [0, 0.05) is 10.1 Å². The number of fused-ring (bicyclic) bond motifs is 2. The molecule has 1 N–H and O–H groups in total. The molecule has 5 nitrogen and oxygen atoms in total. The number of carbonyl (C=O) groups excluding carboxylic acids is 1. The molecule has 1 aromatic heterocycles. The summed E-state index contributed by atoms with van der Waals surface area (Å²) in [6, 6.07) is 13.1. The van der Waals surface area contributed by atoms with E-state index in [1.165, 1.54) is 11.3 Å². The SMILES string of the molecule is O=C(N/N=C\c1ccc2c(c1)OCCO2)c1sc2ccccc2c1Cl. The van der Waals surface area contributed by atoms with Crippen LogP contribution in [0.2, 0.25) is 5.02 Å². The third kappa shape index (κ3) is 3.18. The average Bonchev–Trinajstić information content (AvgIpc) is 2.99. The van der Waals surface area contributed by atoms with Crippen molar-refractivity contribution in [3.8, 4) is 11.5 Å². The molecule has 2 aromatic carbocycles. The van der Waals surface area contributed by atoms with E-state index in [0.717, 1.165) is 15.6 Å². The Bertz CT molecular complexity index is 984. The number of nitrogens with one attached hydrogen (secondary N) is 1. The lowest BCUT2D eigenvalue weighted by Crippen LogP contribution is -2.17. The van der Waals surface area contributed by atoms with Crippen LogP contribution >= 0.6 is 22.9 Å². The van der Waals surface area contributed by atoms with E-state index in [4.69, 9.17) is 21.1 Å². The minimum Gasteiger partial charge on any atom is -0.486 e. The quantitative estimate of drug-likeness (QED) is 0.556. The van der Waals surface area contributed by atoms with Crippen LogP contribution in [0.25, 0.3) is 10.1 Å². The number of hydrazone groups is 1. The first-order chi connectivity index (χ1) is 12.2. The fourth-order valence-corrected chi connectivity index (χ4v) is 3.92. The van der Waals surface area contributed by atoms with E-state index in [9.17, 15) is 4.79 Å². The van der Waals surface area contributed by atoms with Crippen LogP contribution in [0, 0.1) is 0 Å². The van der Waals surface area contributed by atoms with Crippen molar-refractivity contribution in [3.05, 3.63) is 57.9 Å². The molecule has 126 valence electrons. The van der Waals surface area contributed by atoms with Crippen LogP contribution in [0.4, 0.5) is 0 Å². The summed E-state index contributed by atoms with van der Waals surface area (Å²) in [6.45, 7) is 1.07. The highest BCUT2D eigenvalue weighted by Gasteiger charge is 2.16. The predicted molar refractivity (Wildman–Crippen MR) is 99.3 cm³/mol. The molecule has 1 amide bonds. The zero-order valence-electron chi connectivity index (χ0n) is 13.0. The summed E-state index contributed by atoms with van der Waals surface area (Å²) in [4.78, 5) is 12.8. The summed E-state index contributed by atoms with van der Waals surface area (Å²) in [6.07, 6.45) is 1.55. The number of amides is 1. The molecule has 0 spiro atoms. The number of halogens is 1. The van der Waals surface area contributed by atoms with Crippen LogP contribution in [-0.4, -0.2) is 25.3 Å². The van der Waals surface area contributed by atoms with Crippen molar-refractivity contribution in [1.82, 2.24) is 5.43 Å². The van der Waals surface area contributed by atoms with Gasteiger partial charge in [-0.1, -0.05) is 29.8 Å². The molecule has 0 aliphatic carbocycles. The summed E-state index contributed by atoms with van der Waals surface area (Å²) in [7, 11) is 0. The minimum absolute atomic E-state index is 0.333. The van der Waals surface area contributed by atoms with E-state index in [1.807, 2.05) is 42.5 Å². The Labute approximate surface area is 152 Å². The monoisotopic (exact) mass is 372 g/mol. The fourth-order valence-electron chi connectivity index (χ4n) is 2.52. The number of nitrogens with zero attached hydrogens (tertiary/aromatic N) is 1. The first-order valence-corrected chi connectivity index (χ1v) is 8.82. The molecule has 0 fully saturated rings. The normalized spacial score (nSPS) is 13.3. The molecule has 0 atom stereocenters. The molecule has 7 heteroatoms. The van der Waals surface area contributed by atoms with E-state index in [0.29, 0.717) is 34.6 Å². The Kier molecular flexibility index (Phi) is 4.29. The number of benzene rings is 2. The highest BCUT2D eigenvalue weighted by molar-refractivity contribution is 7.21. The first-order valence-electron chi connectivity index (χ1n) is 7.62. The number of ether oxygens (including phenoxy) is 2. The molecule has 0 saturated carbocycles. The van der Waals surface area contributed by atoms with Crippen LogP contribution in [-0.2, 0) is 0 Å². The van der Waals surface area contributed by atoms with E-state index >= 15 is 0 Å². The van der Waals surface area contributed by atoms with Gasteiger partial charge in [0.05, 0.1) is 11.2 Å². The Morgan fingerprint density at radius 3 is 2.80 bits per heavy atom. The molecular weight excluding hydrogens is 360 g/mol. The Hall–Kier alpha value is -2.57. The van der Waals surface area contributed by atoms with E-state index in [2.05, 4.69) is 10.5 Å². The second-order valence-corrected chi connectivity index (χ2v) is 6.77. The van der Waals surface area contributed by atoms with Crippen LogP contribution < -0.4 is 14.9 Å². The van der Waals surface area contributed by atoms with E-state index in [1.54, 1.807) is 6.21 Å². The summed E-state index contributed by atoms with van der Waals surface area (Å²) >= 11 is 7.64. The predicted octanol–water partition coefficient (Wildman–Crippen LogP) is 4.09. The van der Waals surface area contributed by atoms with Crippen LogP contribution in [0.15, 0.2) is 47.6 Å². The summed E-state index contributed by atoms with van der Waals surface area (Å²) in [5.74, 6) is 1.05. The van der Waals surface area contributed by atoms with Gasteiger partial charge in [0.2, 0.25) is 0 Å². The van der Waals surface area contributed by atoms with Crippen molar-refractivity contribution in [2.24, 2.45) is 5.10 Å². The van der Waals surface area contributed by atoms with Crippen molar-refractivity contribution in [3.63, 3.8) is 0 Å². The fraction of sp³-hybridized carbons (Fsp3) is 0.111. The van der Waals surface area contributed by atoms with Gasteiger partial charge in [0.25, 0.3) is 5.91 Å². The zero-order valence-corrected chi connectivity index (χ0v) is 14.6. The van der Waals surface area contributed by atoms with Gasteiger partial charge >= 0.3 is 0 Å². The number of hydrogen-bond donors (Lipinski definition) is 1. The molecule has 3 aromatic rings. The Balaban J connectivity index is 1.49. The van der Waals surface area contributed by atoms with Crippen molar-refractivity contribution in [2.75, 3.05) is 13.2 Å². The van der Waals surface area contributed by atoms with Gasteiger partial charge in [-0.3, -0.25) is 4.79 Å². The summed E-state index contributed by atoms with van der Waals surface area (Å²) < 4.78 is 12.0. The van der Waals surface area contributed by atoms with Gasteiger partial charge in [0.1, 0.15) is 18.1 Å². The van der Waals surface area contributed by atoms with Gasteiger partial charge in [-0.15, -0.1) is 11.3 Å². The van der Waals surface area contributed by atoms with Gasteiger partial charge in [-0.05, 0) is 29.8 Å².